The summed E-state index contributed by atoms with van der Waals surface area (Å²) in [5.41, 5.74) is 5.62. The molecular weight excluding hydrogens is 328 g/mol. The zero-order chi connectivity index (χ0) is 17.1. The summed E-state index contributed by atoms with van der Waals surface area (Å²) in [6, 6.07) is 26.6. The lowest BCUT2D eigenvalue weighted by Gasteiger charge is -2.08. The van der Waals surface area contributed by atoms with Gasteiger partial charge in [0.15, 0.2) is 0 Å². The number of nitrogens with one attached hydrogen (secondary N) is 1. The molecule has 0 radical (unpaired) electrons. The largest absolute Gasteiger partial charge is 0.342 e. The van der Waals surface area contributed by atoms with Gasteiger partial charge in [0.05, 0.1) is 11.9 Å². The third-order valence-electron chi connectivity index (χ3n) is 4.25. The van der Waals surface area contributed by atoms with E-state index in [9.17, 15) is 0 Å². The van der Waals surface area contributed by atoms with Gasteiger partial charge < -0.3 is 4.98 Å². The maximum Gasteiger partial charge on any atom is 0.110 e. The summed E-state index contributed by atoms with van der Waals surface area (Å²) in [5, 5.41) is 0.769. The second-order valence-corrected chi connectivity index (χ2v) is 6.33. The highest BCUT2D eigenvalue weighted by atomic mass is 35.5. The van der Waals surface area contributed by atoms with Crippen LogP contribution in [0.2, 0.25) is 5.02 Å². The molecule has 3 aromatic carbocycles. The molecule has 3 heteroatoms. The van der Waals surface area contributed by atoms with Crippen molar-refractivity contribution in [3.8, 4) is 22.4 Å². The Balaban J connectivity index is 1.69. The van der Waals surface area contributed by atoms with Gasteiger partial charge in [0.25, 0.3) is 0 Å². The summed E-state index contributed by atoms with van der Waals surface area (Å²) in [6.45, 7) is 0. The first kappa shape index (κ1) is 15.7. The van der Waals surface area contributed by atoms with Crippen LogP contribution >= 0.6 is 11.6 Å². The molecule has 0 atom stereocenters. The van der Waals surface area contributed by atoms with Crippen LogP contribution < -0.4 is 0 Å². The van der Waals surface area contributed by atoms with Crippen LogP contribution in [0.4, 0.5) is 0 Å². The SMILES string of the molecule is Clc1ccccc1Cc1ncc(-c2ccccc2-c2ccccc2)[nH]1. The molecule has 0 aliphatic carbocycles. The molecule has 0 unspecified atom stereocenters. The van der Waals surface area contributed by atoms with Gasteiger partial charge in [0.2, 0.25) is 0 Å². The topological polar surface area (TPSA) is 28.7 Å². The van der Waals surface area contributed by atoms with Crippen molar-refractivity contribution in [2.75, 3.05) is 0 Å². The van der Waals surface area contributed by atoms with E-state index in [1.165, 1.54) is 11.1 Å². The second kappa shape index (κ2) is 6.96. The van der Waals surface area contributed by atoms with Gasteiger partial charge in [-0.1, -0.05) is 84.4 Å². The van der Waals surface area contributed by atoms with E-state index in [4.69, 9.17) is 11.6 Å². The Morgan fingerprint density at radius 3 is 2.24 bits per heavy atom. The van der Waals surface area contributed by atoms with Crippen LogP contribution in [-0.2, 0) is 6.42 Å². The van der Waals surface area contributed by atoms with Gasteiger partial charge in [-0.05, 0) is 22.8 Å². The lowest BCUT2D eigenvalue weighted by Crippen LogP contribution is -1.92. The summed E-state index contributed by atoms with van der Waals surface area (Å²) in [7, 11) is 0. The molecule has 0 saturated carbocycles. The molecule has 0 saturated heterocycles. The van der Waals surface area contributed by atoms with Gasteiger partial charge in [0.1, 0.15) is 5.82 Å². The highest BCUT2D eigenvalue weighted by molar-refractivity contribution is 6.31. The Hall–Kier alpha value is -2.84. The van der Waals surface area contributed by atoms with Crippen molar-refractivity contribution >= 4 is 11.6 Å². The number of imidazole rings is 1. The summed E-state index contributed by atoms with van der Waals surface area (Å²) in [4.78, 5) is 8.00. The number of nitrogens with zero attached hydrogens (tertiary/aromatic N) is 1. The van der Waals surface area contributed by atoms with Crippen molar-refractivity contribution in [1.82, 2.24) is 9.97 Å². The molecule has 0 bridgehead atoms. The molecule has 0 fully saturated rings. The monoisotopic (exact) mass is 344 g/mol. The summed E-state index contributed by atoms with van der Waals surface area (Å²) >= 11 is 6.26. The predicted molar refractivity (Wildman–Crippen MR) is 104 cm³/mol. The van der Waals surface area contributed by atoms with E-state index in [0.717, 1.165) is 27.7 Å². The Kier molecular flexibility index (Phi) is 4.36. The van der Waals surface area contributed by atoms with Crippen LogP contribution in [-0.4, -0.2) is 9.97 Å². The highest BCUT2D eigenvalue weighted by Gasteiger charge is 2.10. The van der Waals surface area contributed by atoms with E-state index < -0.39 is 0 Å². The summed E-state index contributed by atoms with van der Waals surface area (Å²) < 4.78 is 0. The normalized spacial score (nSPS) is 10.8. The molecule has 0 spiro atoms. The average molecular weight is 345 g/mol. The first-order chi connectivity index (χ1) is 12.3. The van der Waals surface area contributed by atoms with Crippen LogP contribution in [0, 0.1) is 0 Å². The van der Waals surface area contributed by atoms with Crippen molar-refractivity contribution in [3.05, 3.63) is 101 Å². The van der Waals surface area contributed by atoms with Crippen LogP contribution in [0.25, 0.3) is 22.4 Å². The Morgan fingerprint density at radius 2 is 1.44 bits per heavy atom. The van der Waals surface area contributed by atoms with Gasteiger partial charge in [0, 0.05) is 17.0 Å². The minimum absolute atomic E-state index is 0.688. The minimum Gasteiger partial charge on any atom is -0.342 e. The number of benzene rings is 3. The van der Waals surface area contributed by atoms with E-state index in [0.29, 0.717) is 6.42 Å². The number of aromatic amines is 1. The number of H-pyrrole nitrogens is 1. The number of hydrogen-bond acceptors (Lipinski definition) is 1. The maximum absolute atomic E-state index is 6.26. The molecule has 2 nitrogen and oxygen atoms in total. The van der Waals surface area contributed by atoms with Crippen LogP contribution in [0.15, 0.2) is 85.1 Å². The van der Waals surface area contributed by atoms with Gasteiger partial charge >= 0.3 is 0 Å². The fourth-order valence-corrected chi connectivity index (χ4v) is 3.20. The highest BCUT2D eigenvalue weighted by Crippen LogP contribution is 2.31. The standard InChI is InChI=1S/C22H17ClN2/c23-20-13-7-4-10-17(20)14-22-24-15-21(25-22)19-12-6-5-11-18(19)16-8-2-1-3-9-16/h1-13,15H,14H2,(H,24,25). The third-order valence-corrected chi connectivity index (χ3v) is 4.61. The minimum atomic E-state index is 0.688. The number of rotatable bonds is 4. The average Bonchev–Trinajstić information content (AvgIpc) is 3.13. The zero-order valence-corrected chi connectivity index (χ0v) is 14.4. The van der Waals surface area contributed by atoms with Gasteiger partial charge in [-0.3, -0.25) is 0 Å². The molecule has 25 heavy (non-hydrogen) atoms. The van der Waals surface area contributed by atoms with Crippen LogP contribution in [0.1, 0.15) is 11.4 Å². The van der Waals surface area contributed by atoms with E-state index >= 15 is 0 Å². The third kappa shape index (κ3) is 3.35. The van der Waals surface area contributed by atoms with Crippen LogP contribution in [0.3, 0.4) is 0 Å². The van der Waals surface area contributed by atoms with Crippen molar-refractivity contribution in [2.45, 2.75) is 6.42 Å². The lowest BCUT2D eigenvalue weighted by atomic mass is 9.98. The van der Waals surface area contributed by atoms with Gasteiger partial charge in [-0.15, -0.1) is 0 Å². The molecule has 1 aromatic heterocycles. The summed E-state index contributed by atoms with van der Waals surface area (Å²) in [5.74, 6) is 0.908. The predicted octanol–water partition coefficient (Wildman–Crippen LogP) is 5.99. The fourth-order valence-electron chi connectivity index (χ4n) is 3.00. The maximum atomic E-state index is 6.26. The van der Waals surface area contributed by atoms with E-state index in [2.05, 4.69) is 58.5 Å². The Morgan fingerprint density at radius 1 is 0.760 bits per heavy atom. The first-order valence-electron chi connectivity index (χ1n) is 8.23. The van der Waals surface area contributed by atoms with E-state index in [-0.39, 0.29) is 0 Å². The Bertz CT molecular complexity index is 990. The molecule has 0 amide bonds. The molecule has 4 aromatic rings. The molecule has 122 valence electrons. The van der Waals surface area contributed by atoms with E-state index in [1.807, 2.05) is 36.5 Å². The second-order valence-electron chi connectivity index (χ2n) is 5.92. The molecule has 0 aliphatic heterocycles. The number of halogens is 1. The van der Waals surface area contributed by atoms with Crippen molar-refractivity contribution in [2.24, 2.45) is 0 Å². The molecule has 0 aliphatic rings. The Labute approximate surface area is 152 Å². The molecule has 1 N–H and O–H groups in total. The smallest absolute Gasteiger partial charge is 0.110 e. The van der Waals surface area contributed by atoms with Crippen molar-refractivity contribution in [1.29, 1.82) is 0 Å². The lowest BCUT2D eigenvalue weighted by molar-refractivity contribution is 1.03. The van der Waals surface area contributed by atoms with Crippen molar-refractivity contribution < 1.29 is 0 Å². The fraction of sp³-hybridized carbons (Fsp3) is 0.0455. The van der Waals surface area contributed by atoms with Gasteiger partial charge in [-0.2, -0.15) is 0 Å². The quantitative estimate of drug-likeness (QED) is 0.484. The van der Waals surface area contributed by atoms with E-state index in [1.54, 1.807) is 0 Å². The molecule has 1 heterocycles. The molecular formula is C22H17ClN2. The zero-order valence-electron chi connectivity index (χ0n) is 13.6. The number of hydrogen-bond donors (Lipinski definition) is 1. The molecule has 4 rings (SSSR count). The van der Waals surface area contributed by atoms with Gasteiger partial charge in [-0.25, -0.2) is 4.98 Å². The first-order valence-corrected chi connectivity index (χ1v) is 8.61. The van der Waals surface area contributed by atoms with Crippen molar-refractivity contribution in [3.63, 3.8) is 0 Å². The summed E-state index contributed by atoms with van der Waals surface area (Å²) in [6.07, 6.45) is 2.58. The number of aromatic nitrogens is 2. The van der Waals surface area contributed by atoms with Crippen LogP contribution in [0.5, 0.6) is 0 Å².